The van der Waals surface area contributed by atoms with Gasteiger partial charge in [-0.1, -0.05) is 6.07 Å². The average Bonchev–Trinajstić information content (AvgIpc) is 2.74. The Balaban J connectivity index is 1.77. The van der Waals surface area contributed by atoms with Gasteiger partial charge in [-0.05, 0) is 49.1 Å². The minimum Gasteiger partial charge on any atom is -0.490 e. The third-order valence-corrected chi connectivity index (χ3v) is 4.92. The van der Waals surface area contributed by atoms with Crippen molar-refractivity contribution in [2.75, 3.05) is 25.1 Å². The molecule has 2 N–H and O–H groups in total. The van der Waals surface area contributed by atoms with Crippen molar-refractivity contribution >= 4 is 22.4 Å². The van der Waals surface area contributed by atoms with Crippen LogP contribution >= 0.6 is 0 Å². The van der Waals surface area contributed by atoms with Crippen LogP contribution < -0.4 is 15.5 Å². The molecule has 0 radical (unpaired) electrons. The van der Waals surface area contributed by atoms with E-state index in [2.05, 4.69) is 5.32 Å². The maximum atomic E-state index is 11.4. The number of hydrogen-bond acceptors (Lipinski definition) is 6. The minimum atomic E-state index is -3.18. The van der Waals surface area contributed by atoms with Crippen molar-refractivity contribution < 1.29 is 22.8 Å². The van der Waals surface area contributed by atoms with Crippen molar-refractivity contribution in [1.29, 1.82) is 0 Å². The first kappa shape index (κ1) is 15.8. The van der Waals surface area contributed by atoms with Crippen LogP contribution in [0.15, 0.2) is 18.2 Å². The van der Waals surface area contributed by atoms with Crippen LogP contribution in [0.25, 0.3) is 0 Å². The predicted octanol–water partition coefficient (Wildman–Crippen LogP) is -0.379. The maximum Gasteiger partial charge on any atom is 0.492 e. The lowest BCUT2D eigenvalue weighted by Crippen LogP contribution is -2.34. The van der Waals surface area contributed by atoms with E-state index in [0.29, 0.717) is 11.2 Å². The molecule has 0 amide bonds. The number of nitrogens with one attached hydrogen (secondary N) is 1. The van der Waals surface area contributed by atoms with Gasteiger partial charge in [0.05, 0.1) is 11.9 Å². The first-order valence-electron chi connectivity index (χ1n) is 7.45. The van der Waals surface area contributed by atoms with E-state index in [1.54, 1.807) is 12.1 Å². The summed E-state index contributed by atoms with van der Waals surface area (Å²) in [4.78, 5) is 0. The van der Waals surface area contributed by atoms with Crippen LogP contribution in [-0.2, 0) is 14.5 Å². The Morgan fingerprint density at radius 3 is 2.82 bits per heavy atom. The van der Waals surface area contributed by atoms with Crippen LogP contribution in [-0.4, -0.2) is 51.8 Å². The summed E-state index contributed by atoms with van der Waals surface area (Å²) in [6.45, 7) is 1.88. The maximum absolute atomic E-state index is 11.4. The number of fused-ring (bicyclic) bond motifs is 1. The number of sulfone groups is 1. The molecule has 0 aromatic heterocycles. The Hall–Kier alpha value is -1.09. The highest BCUT2D eigenvalue weighted by atomic mass is 32.2. The highest BCUT2D eigenvalue weighted by Gasteiger charge is 2.37. The van der Waals surface area contributed by atoms with Crippen molar-refractivity contribution in [1.82, 2.24) is 5.32 Å². The van der Waals surface area contributed by atoms with Crippen LogP contribution in [0.3, 0.4) is 0 Å². The van der Waals surface area contributed by atoms with Gasteiger partial charge in [0.25, 0.3) is 0 Å². The Labute approximate surface area is 130 Å². The van der Waals surface area contributed by atoms with E-state index in [-0.39, 0.29) is 11.9 Å². The summed E-state index contributed by atoms with van der Waals surface area (Å²) in [5.41, 5.74) is 1.32. The van der Waals surface area contributed by atoms with E-state index in [4.69, 9.17) is 9.39 Å². The molecule has 1 unspecified atom stereocenters. The normalized spacial score (nSPS) is 22.6. The molecule has 6 nitrogen and oxygen atoms in total. The molecule has 0 saturated carbocycles. The largest absolute Gasteiger partial charge is 0.492 e. The van der Waals surface area contributed by atoms with Gasteiger partial charge in [-0.2, -0.15) is 0 Å². The molecular weight excluding hydrogens is 305 g/mol. The summed E-state index contributed by atoms with van der Waals surface area (Å²) < 4.78 is 34.2. The highest BCUT2D eigenvalue weighted by molar-refractivity contribution is 7.90. The predicted molar refractivity (Wildman–Crippen MR) is 84.1 cm³/mol. The molecule has 0 aliphatic carbocycles. The van der Waals surface area contributed by atoms with Gasteiger partial charge in [0.2, 0.25) is 0 Å². The molecule has 8 heteroatoms. The second kappa shape index (κ2) is 6.19. The summed E-state index contributed by atoms with van der Waals surface area (Å²) in [7, 11) is -4.28. The fourth-order valence-corrected chi connectivity index (χ4v) is 3.75. The molecule has 2 aliphatic rings. The van der Waals surface area contributed by atoms with Gasteiger partial charge in [-0.15, -0.1) is 0 Å². The van der Waals surface area contributed by atoms with E-state index in [1.165, 1.54) is 0 Å². The Kier molecular flexibility index (Phi) is 4.45. The van der Waals surface area contributed by atoms with Crippen molar-refractivity contribution in [3.8, 4) is 5.75 Å². The molecule has 2 aliphatic heterocycles. The van der Waals surface area contributed by atoms with Crippen molar-refractivity contribution in [3.05, 3.63) is 23.8 Å². The first-order valence-corrected chi connectivity index (χ1v) is 9.51. The second-order valence-corrected chi connectivity index (χ2v) is 8.11. The summed E-state index contributed by atoms with van der Waals surface area (Å²) >= 11 is 0. The molecule has 0 spiro atoms. The molecular formula is C14H20BNO5S. The number of benzene rings is 1. The van der Waals surface area contributed by atoms with Crippen LogP contribution in [0.2, 0.25) is 0 Å². The lowest BCUT2D eigenvalue weighted by Gasteiger charge is -2.24. The highest BCUT2D eigenvalue weighted by Crippen LogP contribution is 2.28. The molecule has 2 heterocycles. The van der Waals surface area contributed by atoms with Crippen molar-refractivity contribution in [2.45, 2.75) is 25.0 Å². The monoisotopic (exact) mass is 325 g/mol. The van der Waals surface area contributed by atoms with Gasteiger partial charge < -0.3 is 19.7 Å². The summed E-state index contributed by atoms with van der Waals surface area (Å²) in [5.74, 6) is 0.555. The fraction of sp³-hybridized carbons (Fsp3) is 0.571. The van der Waals surface area contributed by atoms with E-state index >= 15 is 0 Å². The standard InChI is InChI=1S/C14H20BNO5S/c1-22(18,19)9-14-12-3-2-11(8-13(12)15(17)21-14)20-10-4-6-16-7-5-10/h2-3,8,10,14,16-17H,4-7,9H2,1H3. The summed E-state index contributed by atoms with van der Waals surface area (Å²) in [6, 6.07) is 5.36. The van der Waals surface area contributed by atoms with Crippen LogP contribution in [0, 0.1) is 0 Å². The van der Waals surface area contributed by atoms with E-state index < -0.39 is 23.1 Å². The Morgan fingerprint density at radius 1 is 1.41 bits per heavy atom. The zero-order valence-electron chi connectivity index (χ0n) is 12.5. The SMILES string of the molecule is CS(=O)(=O)CC1OB(O)c2cc(OC3CCNCC3)ccc21. The number of piperidine rings is 1. The zero-order chi connectivity index (χ0) is 15.7. The molecule has 1 saturated heterocycles. The number of hydrogen-bond donors (Lipinski definition) is 2. The molecule has 22 heavy (non-hydrogen) atoms. The first-order chi connectivity index (χ1) is 10.4. The van der Waals surface area contributed by atoms with Crippen molar-refractivity contribution in [2.24, 2.45) is 0 Å². The molecule has 3 rings (SSSR count). The van der Waals surface area contributed by atoms with Gasteiger partial charge in [-0.3, -0.25) is 0 Å². The van der Waals surface area contributed by atoms with E-state index in [9.17, 15) is 13.4 Å². The molecule has 120 valence electrons. The summed E-state index contributed by atoms with van der Waals surface area (Å²) in [6.07, 6.45) is 2.62. The van der Waals surface area contributed by atoms with Crippen LogP contribution in [0.5, 0.6) is 5.75 Å². The molecule has 1 aromatic rings. The zero-order valence-corrected chi connectivity index (χ0v) is 13.3. The van der Waals surface area contributed by atoms with E-state index in [1.807, 2.05) is 6.07 Å². The second-order valence-electron chi connectivity index (χ2n) is 5.93. The Bertz CT molecular complexity index is 645. The molecule has 1 fully saturated rings. The number of ether oxygens (including phenoxy) is 1. The van der Waals surface area contributed by atoms with Gasteiger partial charge in [0, 0.05) is 6.26 Å². The average molecular weight is 325 g/mol. The third-order valence-electron chi connectivity index (χ3n) is 4.01. The summed E-state index contributed by atoms with van der Waals surface area (Å²) in [5, 5.41) is 13.3. The van der Waals surface area contributed by atoms with Gasteiger partial charge in [-0.25, -0.2) is 8.42 Å². The van der Waals surface area contributed by atoms with Crippen LogP contribution in [0.4, 0.5) is 0 Å². The fourth-order valence-electron chi connectivity index (χ4n) is 2.95. The molecule has 1 aromatic carbocycles. The smallest absolute Gasteiger partial charge is 0.490 e. The van der Waals surface area contributed by atoms with Crippen molar-refractivity contribution in [3.63, 3.8) is 0 Å². The Morgan fingerprint density at radius 2 is 2.14 bits per heavy atom. The van der Waals surface area contributed by atoms with Gasteiger partial charge in [0.1, 0.15) is 21.7 Å². The topological polar surface area (TPSA) is 84.9 Å². The lowest BCUT2D eigenvalue weighted by atomic mass is 9.79. The molecule has 0 bridgehead atoms. The van der Waals surface area contributed by atoms with Gasteiger partial charge in [0.15, 0.2) is 0 Å². The van der Waals surface area contributed by atoms with Gasteiger partial charge >= 0.3 is 7.12 Å². The lowest BCUT2D eigenvalue weighted by molar-refractivity contribution is 0.162. The molecule has 1 atom stereocenters. The number of rotatable bonds is 4. The minimum absolute atomic E-state index is 0.133. The third kappa shape index (κ3) is 3.63. The quantitative estimate of drug-likeness (QED) is 0.734. The van der Waals surface area contributed by atoms with E-state index in [0.717, 1.165) is 37.8 Å². The van der Waals surface area contributed by atoms with Crippen LogP contribution in [0.1, 0.15) is 24.5 Å².